The Labute approximate surface area is 140 Å². The van der Waals surface area contributed by atoms with Gasteiger partial charge in [-0.2, -0.15) is 0 Å². The quantitative estimate of drug-likeness (QED) is 0.369. The third kappa shape index (κ3) is 5.17. The Hall–Kier alpha value is -1.68. The van der Waals surface area contributed by atoms with Crippen molar-refractivity contribution in [3.05, 3.63) is 0 Å². The molecule has 0 aliphatic carbocycles. The van der Waals surface area contributed by atoms with Gasteiger partial charge in [-0.15, -0.1) is 0 Å². The highest BCUT2D eigenvalue weighted by Crippen LogP contribution is 2.31. The van der Waals surface area contributed by atoms with Gasteiger partial charge >= 0.3 is 23.9 Å². The van der Waals surface area contributed by atoms with Crippen molar-refractivity contribution >= 4 is 39.8 Å². The first-order valence-corrected chi connectivity index (χ1v) is 7.48. The number of hydrogen-bond acceptors (Lipinski definition) is 9. The molecule has 9 nitrogen and oxygen atoms in total. The third-order valence-corrected chi connectivity index (χ3v) is 3.56. The summed E-state index contributed by atoms with van der Waals surface area (Å²) in [6.45, 7) is 3.39. The van der Waals surface area contributed by atoms with E-state index in [1.165, 1.54) is 0 Å². The first kappa shape index (κ1) is 19.4. The van der Waals surface area contributed by atoms with Crippen molar-refractivity contribution in [2.45, 2.75) is 50.2 Å². The standard InChI is InChI=1S/C13H17BrO9/c1-5(15)20-8-9(21-6(2)16)11(13(18)19-4)23-12(14)10(8)22-7(3)17/h8-12H,1-4H3/t8?,9-,10+,11?,12?/m0/s1. The Morgan fingerprint density at radius 3 is 1.70 bits per heavy atom. The minimum atomic E-state index is -1.36. The van der Waals surface area contributed by atoms with E-state index >= 15 is 0 Å². The van der Waals surface area contributed by atoms with Crippen LogP contribution in [0.3, 0.4) is 0 Å². The van der Waals surface area contributed by atoms with E-state index in [-0.39, 0.29) is 0 Å². The average Bonchev–Trinajstić information content (AvgIpc) is 2.43. The molecule has 1 heterocycles. The Morgan fingerprint density at radius 1 is 0.826 bits per heavy atom. The molecule has 0 radical (unpaired) electrons. The van der Waals surface area contributed by atoms with Crippen molar-refractivity contribution in [1.82, 2.24) is 0 Å². The topological polar surface area (TPSA) is 114 Å². The molecule has 1 aliphatic heterocycles. The maximum atomic E-state index is 11.9. The highest BCUT2D eigenvalue weighted by atomic mass is 79.9. The monoisotopic (exact) mass is 396 g/mol. The molecule has 0 saturated carbocycles. The zero-order valence-corrected chi connectivity index (χ0v) is 14.5. The molecule has 0 amide bonds. The summed E-state index contributed by atoms with van der Waals surface area (Å²) in [4.78, 5) is 45.8. The van der Waals surface area contributed by atoms with E-state index in [1.807, 2.05) is 0 Å². The summed E-state index contributed by atoms with van der Waals surface area (Å²) in [6, 6.07) is 0. The van der Waals surface area contributed by atoms with Crippen LogP contribution in [0.15, 0.2) is 0 Å². The number of carbonyl (C=O) groups excluding carboxylic acids is 4. The molecule has 1 aliphatic rings. The predicted octanol–water partition coefficient (Wildman–Crippen LogP) is 0.0743. The lowest BCUT2D eigenvalue weighted by Gasteiger charge is -2.41. The van der Waals surface area contributed by atoms with E-state index in [1.54, 1.807) is 0 Å². The molecule has 1 saturated heterocycles. The van der Waals surface area contributed by atoms with Gasteiger partial charge in [-0.25, -0.2) is 4.79 Å². The normalized spacial score (nSPS) is 30.0. The Kier molecular flexibility index (Phi) is 6.95. The van der Waals surface area contributed by atoms with Gasteiger partial charge in [-0.3, -0.25) is 14.4 Å². The van der Waals surface area contributed by atoms with Crippen molar-refractivity contribution in [3.63, 3.8) is 0 Å². The summed E-state index contributed by atoms with van der Waals surface area (Å²) in [5.41, 5.74) is 0. The van der Waals surface area contributed by atoms with Crippen molar-refractivity contribution in [3.8, 4) is 0 Å². The summed E-state index contributed by atoms with van der Waals surface area (Å²) in [5, 5.41) is -0.980. The molecule has 3 unspecified atom stereocenters. The molecule has 1 rings (SSSR count). The second-order valence-electron chi connectivity index (χ2n) is 4.65. The van der Waals surface area contributed by atoms with Gasteiger partial charge in [0.25, 0.3) is 0 Å². The molecule has 23 heavy (non-hydrogen) atoms. The fourth-order valence-corrected chi connectivity index (χ4v) is 2.71. The lowest BCUT2D eigenvalue weighted by molar-refractivity contribution is -0.234. The van der Waals surface area contributed by atoms with E-state index < -0.39 is 53.3 Å². The van der Waals surface area contributed by atoms with Gasteiger partial charge in [-0.05, 0) is 0 Å². The van der Waals surface area contributed by atoms with Crippen LogP contribution in [0.5, 0.6) is 0 Å². The molecule has 10 heteroatoms. The van der Waals surface area contributed by atoms with Gasteiger partial charge in [0.15, 0.2) is 29.4 Å². The average molecular weight is 397 g/mol. The number of alkyl halides is 1. The molecule has 130 valence electrons. The molecule has 1 fully saturated rings. The van der Waals surface area contributed by atoms with E-state index in [2.05, 4.69) is 20.7 Å². The van der Waals surface area contributed by atoms with Crippen LogP contribution in [0.25, 0.3) is 0 Å². The molecular weight excluding hydrogens is 380 g/mol. The lowest BCUT2D eigenvalue weighted by atomic mass is 9.99. The number of hydrogen-bond donors (Lipinski definition) is 0. The molecular formula is C13H17BrO9. The van der Waals surface area contributed by atoms with Crippen LogP contribution in [0, 0.1) is 0 Å². The number of methoxy groups -OCH3 is 1. The van der Waals surface area contributed by atoms with Gasteiger partial charge in [0.2, 0.25) is 0 Å². The van der Waals surface area contributed by atoms with Crippen LogP contribution in [0.4, 0.5) is 0 Å². The number of carbonyl (C=O) groups is 4. The van der Waals surface area contributed by atoms with Crippen molar-refractivity contribution in [2.24, 2.45) is 0 Å². The maximum absolute atomic E-state index is 11.9. The summed E-state index contributed by atoms with van der Waals surface area (Å²) >= 11 is 3.11. The van der Waals surface area contributed by atoms with E-state index in [0.29, 0.717) is 0 Å². The summed E-state index contributed by atoms with van der Waals surface area (Å²) in [7, 11) is 1.12. The van der Waals surface area contributed by atoms with E-state index in [9.17, 15) is 19.2 Å². The predicted molar refractivity (Wildman–Crippen MR) is 76.3 cm³/mol. The number of rotatable bonds is 4. The maximum Gasteiger partial charge on any atom is 0.339 e. The second kappa shape index (κ2) is 8.25. The lowest BCUT2D eigenvalue weighted by Crippen LogP contribution is -2.61. The highest BCUT2D eigenvalue weighted by Gasteiger charge is 2.53. The second-order valence-corrected chi connectivity index (χ2v) is 5.56. The van der Waals surface area contributed by atoms with Crippen LogP contribution < -0.4 is 0 Å². The molecule has 0 bridgehead atoms. The summed E-state index contributed by atoms with van der Waals surface area (Å²) < 4.78 is 25.2. The fraction of sp³-hybridized carbons (Fsp3) is 0.692. The van der Waals surface area contributed by atoms with Gasteiger partial charge in [0.05, 0.1) is 7.11 Å². The fourth-order valence-electron chi connectivity index (χ4n) is 2.07. The third-order valence-electron chi connectivity index (χ3n) is 2.82. The minimum Gasteiger partial charge on any atom is -0.467 e. The van der Waals surface area contributed by atoms with Gasteiger partial charge in [0.1, 0.15) is 0 Å². The largest absolute Gasteiger partial charge is 0.467 e. The number of esters is 4. The minimum absolute atomic E-state index is 0.668. The van der Waals surface area contributed by atoms with E-state index in [0.717, 1.165) is 27.9 Å². The number of ether oxygens (including phenoxy) is 5. The van der Waals surface area contributed by atoms with Crippen LogP contribution in [0.2, 0.25) is 0 Å². The van der Waals surface area contributed by atoms with Gasteiger partial charge < -0.3 is 23.7 Å². The number of halogens is 1. The van der Waals surface area contributed by atoms with Crippen molar-refractivity contribution in [2.75, 3.05) is 7.11 Å². The van der Waals surface area contributed by atoms with E-state index in [4.69, 9.17) is 18.9 Å². The van der Waals surface area contributed by atoms with Crippen molar-refractivity contribution in [1.29, 1.82) is 0 Å². The van der Waals surface area contributed by atoms with Crippen LogP contribution in [-0.4, -0.2) is 60.4 Å². The zero-order valence-electron chi connectivity index (χ0n) is 12.9. The first-order valence-electron chi connectivity index (χ1n) is 6.56. The van der Waals surface area contributed by atoms with Crippen LogP contribution in [-0.2, 0) is 42.9 Å². The Bertz CT molecular complexity index is 492. The molecule has 5 atom stereocenters. The zero-order chi connectivity index (χ0) is 17.7. The first-order chi connectivity index (χ1) is 10.7. The highest BCUT2D eigenvalue weighted by molar-refractivity contribution is 9.09. The molecule has 0 spiro atoms. The van der Waals surface area contributed by atoms with Crippen LogP contribution in [0.1, 0.15) is 20.8 Å². The molecule has 0 aromatic carbocycles. The smallest absolute Gasteiger partial charge is 0.339 e. The molecule has 0 aromatic rings. The van der Waals surface area contributed by atoms with Gasteiger partial charge in [-0.1, -0.05) is 15.9 Å². The Balaban J connectivity index is 3.21. The molecule has 0 aromatic heterocycles. The molecule has 0 N–H and O–H groups in total. The Morgan fingerprint density at radius 2 is 1.26 bits per heavy atom. The van der Waals surface area contributed by atoms with Crippen LogP contribution >= 0.6 is 15.9 Å². The SMILES string of the molecule is COC(=O)C1OC(Br)[C@H](OC(C)=O)C(OC(C)=O)[C@@H]1OC(C)=O. The van der Waals surface area contributed by atoms with Crippen molar-refractivity contribution < 1.29 is 42.9 Å². The summed E-state index contributed by atoms with van der Waals surface area (Å²) in [5.74, 6) is -2.95. The van der Waals surface area contributed by atoms with Gasteiger partial charge in [0, 0.05) is 20.8 Å². The summed E-state index contributed by atoms with van der Waals surface area (Å²) in [6.07, 6.45) is -5.06.